The lowest BCUT2D eigenvalue weighted by Gasteiger charge is -2.06. The van der Waals surface area contributed by atoms with Gasteiger partial charge in [0.05, 0.1) is 0 Å². The largest absolute Gasteiger partial charge is 0.348 e. The number of azide groups is 1. The second-order valence-electron chi connectivity index (χ2n) is 1.95. The van der Waals surface area contributed by atoms with Crippen LogP contribution in [0.15, 0.2) is 5.11 Å². The molecule has 0 unspecified atom stereocenters. The third-order valence-corrected chi connectivity index (χ3v) is 1.12. The highest BCUT2D eigenvalue weighted by atomic mass is 16.2. The zero-order valence-electron chi connectivity index (χ0n) is 6.03. The first-order valence-electron chi connectivity index (χ1n) is 3.06. The summed E-state index contributed by atoms with van der Waals surface area (Å²) in [5.41, 5.74) is 7.82. The van der Waals surface area contributed by atoms with E-state index >= 15 is 0 Å². The monoisotopic (exact) mass is 142 g/mol. The van der Waals surface area contributed by atoms with E-state index in [1.165, 1.54) is 0 Å². The zero-order chi connectivity index (χ0) is 7.98. The SMILES string of the molecule is CC[C@H](C)NC(=O)N=[N+]=[N-]. The average Bonchev–Trinajstić information content (AvgIpc) is 1.88. The molecule has 56 valence electrons. The molecule has 1 atom stereocenters. The van der Waals surface area contributed by atoms with Gasteiger partial charge in [0.2, 0.25) is 0 Å². The summed E-state index contributed by atoms with van der Waals surface area (Å²) < 4.78 is 0. The van der Waals surface area contributed by atoms with Crippen molar-refractivity contribution in [2.45, 2.75) is 26.3 Å². The van der Waals surface area contributed by atoms with Gasteiger partial charge in [0.1, 0.15) is 0 Å². The Balaban J connectivity index is 3.67. The van der Waals surface area contributed by atoms with Gasteiger partial charge in [-0.05, 0) is 18.9 Å². The molecular formula is C5H10N4O. The molecule has 1 N–H and O–H groups in total. The van der Waals surface area contributed by atoms with Crippen molar-refractivity contribution in [3.8, 4) is 0 Å². The molecule has 0 aromatic rings. The molecule has 0 aliphatic carbocycles. The maximum absolute atomic E-state index is 10.5. The first-order chi connectivity index (χ1) is 4.70. The van der Waals surface area contributed by atoms with Gasteiger partial charge in [-0.25, -0.2) is 0 Å². The van der Waals surface area contributed by atoms with E-state index in [0.717, 1.165) is 6.42 Å². The molecule has 0 aliphatic rings. The lowest BCUT2D eigenvalue weighted by molar-refractivity contribution is 0.245. The number of carbonyl (C=O) groups is 1. The number of amides is 2. The maximum Gasteiger partial charge on any atom is 0.308 e. The van der Waals surface area contributed by atoms with Crippen molar-refractivity contribution < 1.29 is 4.79 Å². The second kappa shape index (κ2) is 4.64. The van der Waals surface area contributed by atoms with E-state index in [9.17, 15) is 4.79 Å². The van der Waals surface area contributed by atoms with Gasteiger partial charge in [0.15, 0.2) is 0 Å². The van der Waals surface area contributed by atoms with Gasteiger partial charge >= 0.3 is 6.03 Å². The van der Waals surface area contributed by atoms with E-state index in [2.05, 4.69) is 15.3 Å². The predicted molar refractivity (Wildman–Crippen MR) is 37.4 cm³/mol. The smallest absolute Gasteiger partial charge is 0.308 e. The van der Waals surface area contributed by atoms with Crippen LogP contribution in [0.25, 0.3) is 10.4 Å². The third kappa shape index (κ3) is 3.74. The molecule has 5 nitrogen and oxygen atoms in total. The Labute approximate surface area is 59.0 Å². The van der Waals surface area contributed by atoms with Crippen LogP contribution in [-0.4, -0.2) is 12.1 Å². The number of rotatable bonds is 2. The first kappa shape index (κ1) is 8.78. The molecule has 0 rings (SSSR count). The lowest BCUT2D eigenvalue weighted by Crippen LogP contribution is -2.28. The van der Waals surface area contributed by atoms with Gasteiger partial charge in [-0.2, -0.15) is 0 Å². The first-order valence-corrected chi connectivity index (χ1v) is 3.06. The number of hydrogen-bond donors (Lipinski definition) is 1. The zero-order valence-corrected chi connectivity index (χ0v) is 6.03. The Morgan fingerprint density at radius 1 is 1.90 bits per heavy atom. The summed E-state index contributed by atoms with van der Waals surface area (Å²) in [5.74, 6) is 0. The minimum atomic E-state index is -0.614. The van der Waals surface area contributed by atoms with Crippen LogP contribution in [0.5, 0.6) is 0 Å². The van der Waals surface area contributed by atoms with Crippen LogP contribution in [0.3, 0.4) is 0 Å². The Morgan fingerprint density at radius 2 is 2.50 bits per heavy atom. The fraction of sp³-hybridized carbons (Fsp3) is 0.800. The van der Waals surface area contributed by atoms with Crippen LogP contribution < -0.4 is 5.32 Å². The van der Waals surface area contributed by atoms with Gasteiger partial charge in [-0.15, -0.1) is 0 Å². The summed E-state index contributed by atoms with van der Waals surface area (Å²) in [5, 5.41) is 5.31. The molecule has 0 spiro atoms. The van der Waals surface area contributed by atoms with E-state index < -0.39 is 6.03 Å². The van der Waals surface area contributed by atoms with Crippen LogP contribution in [-0.2, 0) is 0 Å². The van der Waals surface area contributed by atoms with Gasteiger partial charge < -0.3 is 5.32 Å². The van der Waals surface area contributed by atoms with Crippen LogP contribution in [0.2, 0.25) is 0 Å². The van der Waals surface area contributed by atoms with Crippen molar-refractivity contribution in [1.29, 1.82) is 0 Å². The molecule has 0 fully saturated rings. The van der Waals surface area contributed by atoms with Crippen molar-refractivity contribution in [1.82, 2.24) is 5.32 Å². The van der Waals surface area contributed by atoms with Gasteiger partial charge in [-0.3, -0.25) is 4.79 Å². The quantitative estimate of drug-likeness (QED) is 0.356. The van der Waals surface area contributed by atoms with E-state index in [0.29, 0.717) is 0 Å². The number of nitrogens with zero attached hydrogens (tertiary/aromatic N) is 3. The van der Waals surface area contributed by atoms with Gasteiger partial charge in [0, 0.05) is 16.1 Å². The maximum atomic E-state index is 10.5. The van der Waals surface area contributed by atoms with Crippen LogP contribution in [0.4, 0.5) is 4.79 Å². The molecule has 0 aromatic carbocycles. The van der Waals surface area contributed by atoms with Crippen molar-refractivity contribution in [3.63, 3.8) is 0 Å². The normalized spacial score (nSPS) is 11.4. The summed E-state index contributed by atoms with van der Waals surface area (Å²) in [4.78, 5) is 12.8. The molecule has 0 heterocycles. The highest BCUT2D eigenvalue weighted by molar-refractivity contribution is 5.74. The number of hydrogen-bond acceptors (Lipinski definition) is 1. The molecule has 0 saturated heterocycles. The molecule has 0 aliphatic heterocycles. The highest BCUT2D eigenvalue weighted by Crippen LogP contribution is 1.88. The Bertz CT molecular complexity index is 161. The summed E-state index contributed by atoms with van der Waals surface area (Å²) >= 11 is 0. The third-order valence-electron chi connectivity index (χ3n) is 1.12. The standard InChI is InChI=1S/C5H10N4O/c1-3-4(2)7-5(10)8-9-6/h4H,3H2,1-2H3,(H,7,10)/t4-/m0/s1. The fourth-order valence-corrected chi connectivity index (χ4v) is 0.382. The summed E-state index contributed by atoms with van der Waals surface area (Å²) in [6.07, 6.45) is 0.826. The Morgan fingerprint density at radius 3 is 2.90 bits per heavy atom. The van der Waals surface area contributed by atoms with Crippen LogP contribution in [0.1, 0.15) is 20.3 Å². The predicted octanol–water partition coefficient (Wildman–Crippen LogP) is 1.80. The van der Waals surface area contributed by atoms with Crippen molar-refractivity contribution in [3.05, 3.63) is 10.4 Å². The molecule has 0 aromatic heterocycles. The highest BCUT2D eigenvalue weighted by Gasteiger charge is 2.00. The minimum absolute atomic E-state index is 0.0676. The number of urea groups is 1. The summed E-state index contributed by atoms with van der Waals surface area (Å²) in [7, 11) is 0. The molecule has 0 bridgehead atoms. The van der Waals surface area contributed by atoms with E-state index in [1.54, 1.807) is 0 Å². The number of carbonyl (C=O) groups excluding carboxylic acids is 1. The lowest BCUT2D eigenvalue weighted by atomic mass is 10.3. The second-order valence-corrected chi connectivity index (χ2v) is 1.95. The minimum Gasteiger partial charge on any atom is -0.348 e. The molecule has 10 heavy (non-hydrogen) atoms. The van der Waals surface area contributed by atoms with E-state index in [1.807, 2.05) is 13.8 Å². The van der Waals surface area contributed by atoms with Crippen molar-refractivity contribution in [2.75, 3.05) is 0 Å². The molecule has 5 heteroatoms. The van der Waals surface area contributed by atoms with Gasteiger partial charge in [0.25, 0.3) is 0 Å². The summed E-state index contributed by atoms with van der Waals surface area (Å²) in [6, 6.07) is -0.546. The Kier molecular flexibility index (Phi) is 4.07. The molecular weight excluding hydrogens is 132 g/mol. The fourth-order valence-electron chi connectivity index (χ4n) is 0.382. The van der Waals surface area contributed by atoms with E-state index in [-0.39, 0.29) is 6.04 Å². The average molecular weight is 142 g/mol. The van der Waals surface area contributed by atoms with Crippen molar-refractivity contribution >= 4 is 6.03 Å². The number of nitrogens with one attached hydrogen (secondary N) is 1. The van der Waals surface area contributed by atoms with E-state index in [4.69, 9.17) is 5.53 Å². The molecule has 2 amide bonds. The van der Waals surface area contributed by atoms with Crippen molar-refractivity contribution in [2.24, 2.45) is 5.11 Å². The van der Waals surface area contributed by atoms with Crippen LogP contribution in [0, 0.1) is 0 Å². The molecule has 0 radical (unpaired) electrons. The van der Waals surface area contributed by atoms with Crippen LogP contribution >= 0.6 is 0 Å². The molecule has 0 saturated carbocycles. The Hall–Kier alpha value is -1.22. The van der Waals surface area contributed by atoms with Gasteiger partial charge in [-0.1, -0.05) is 6.92 Å². The summed E-state index contributed by atoms with van der Waals surface area (Å²) in [6.45, 7) is 3.77. The topological polar surface area (TPSA) is 77.9 Å².